The number of para-hydroxylation sites is 1. The number of carbonyl (C=O) groups excluding carboxylic acids is 1. The van der Waals surface area contributed by atoms with Gasteiger partial charge in [-0.25, -0.2) is 8.42 Å². The number of rotatable bonds is 6. The summed E-state index contributed by atoms with van der Waals surface area (Å²) in [6.45, 7) is 4.03. The maximum Gasteiger partial charge on any atom is 0.264 e. The predicted molar refractivity (Wildman–Crippen MR) is 126 cm³/mol. The first-order valence-electron chi connectivity index (χ1n) is 10.2. The first-order valence-corrected chi connectivity index (χ1v) is 11.6. The summed E-state index contributed by atoms with van der Waals surface area (Å²) in [5.74, 6) is -0.253. The summed E-state index contributed by atoms with van der Waals surface area (Å²) in [7, 11) is -2.27. The number of aryl methyl sites for hydroxylation is 2. The van der Waals surface area contributed by atoms with E-state index in [9.17, 15) is 13.2 Å². The largest absolute Gasteiger partial charge is 0.464 e. The van der Waals surface area contributed by atoms with Crippen molar-refractivity contribution in [2.24, 2.45) is 0 Å². The van der Waals surface area contributed by atoms with E-state index in [2.05, 4.69) is 5.32 Å². The molecule has 0 spiro atoms. The molecule has 0 aliphatic carbocycles. The van der Waals surface area contributed by atoms with E-state index in [1.165, 1.54) is 23.5 Å². The van der Waals surface area contributed by atoms with Crippen molar-refractivity contribution in [1.29, 1.82) is 0 Å². The van der Waals surface area contributed by atoms with Crippen LogP contribution in [0.2, 0.25) is 0 Å². The molecule has 0 fully saturated rings. The predicted octanol–water partition coefficient (Wildman–Crippen LogP) is 5.06. The molecule has 164 valence electrons. The second-order valence-corrected chi connectivity index (χ2v) is 9.72. The number of amides is 1. The van der Waals surface area contributed by atoms with Crippen molar-refractivity contribution >= 4 is 38.3 Å². The van der Waals surface area contributed by atoms with Crippen LogP contribution >= 0.6 is 0 Å². The minimum Gasteiger partial charge on any atom is -0.464 e. The zero-order chi connectivity index (χ0) is 22.9. The number of hydrogen-bond acceptors (Lipinski definition) is 4. The van der Waals surface area contributed by atoms with Gasteiger partial charge in [-0.05, 0) is 67.4 Å². The molecule has 3 aromatic carbocycles. The third kappa shape index (κ3) is 4.24. The number of fused-ring (bicyclic) bond motifs is 1. The molecule has 32 heavy (non-hydrogen) atoms. The molecule has 0 saturated carbocycles. The SMILES string of the molecule is Cc1cc2occ(CC(=O)Nc3cccc(S(=O)(=O)N(C)c4ccccc4)c3)c2cc1C. The van der Waals surface area contributed by atoms with Crippen LogP contribution in [0, 0.1) is 13.8 Å². The topological polar surface area (TPSA) is 79.6 Å². The third-order valence-corrected chi connectivity index (χ3v) is 7.30. The van der Waals surface area contributed by atoms with Gasteiger partial charge in [-0.2, -0.15) is 0 Å². The average molecular weight is 449 g/mol. The number of hydrogen-bond donors (Lipinski definition) is 1. The average Bonchev–Trinajstić information content (AvgIpc) is 3.15. The van der Waals surface area contributed by atoms with Crippen LogP contribution in [0.25, 0.3) is 11.0 Å². The summed E-state index contributed by atoms with van der Waals surface area (Å²) >= 11 is 0. The van der Waals surface area contributed by atoms with Crippen molar-refractivity contribution in [3.8, 4) is 0 Å². The van der Waals surface area contributed by atoms with Crippen LogP contribution in [0.1, 0.15) is 16.7 Å². The molecule has 0 aliphatic heterocycles. The fourth-order valence-corrected chi connectivity index (χ4v) is 4.76. The maximum atomic E-state index is 13.0. The Labute approximate surface area is 187 Å². The van der Waals surface area contributed by atoms with Gasteiger partial charge < -0.3 is 9.73 Å². The van der Waals surface area contributed by atoms with Crippen molar-refractivity contribution < 1.29 is 17.6 Å². The number of furan rings is 1. The Morgan fingerprint density at radius 2 is 1.69 bits per heavy atom. The Balaban J connectivity index is 1.53. The number of nitrogens with one attached hydrogen (secondary N) is 1. The number of carbonyl (C=O) groups is 1. The molecule has 1 amide bonds. The van der Waals surface area contributed by atoms with Gasteiger partial charge in [0.25, 0.3) is 10.0 Å². The second-order valence-electron chi connectivity index (χ2n) is 7.75. The zero-order valence-corrected chi connectivity index (χ0v) is 18.9. The normalized spacial score (nSPS) is 11.5. The summed E-state index contributed by atoms with van der Waals surface area (Å²) in [5.41, 5.74) is 4.75. The highest BCUT2D eigenvalue weighted by Gasteiger charge is 2.22. The molecule has 0 radical (unpaired) electrons. The Morgan fingerprint density at radius 3 is 2.44 bits per heavy atom. The molecule has 1 aromatic heterocycles. The van der Waals surface area contributed by atoms with Gasteiger partial charge in [0.1, 0.15) is 5.58 Å². The van der Waals surface area contributed by atoms with Crippen LogP contribution in [0.3, 0.4) is 0 Å². The molecule has 1 heterocycles. The van der Waals surface area contributed by atoms with Gasteiger partial charge >= 0.3 is 0 Å². The second kappa shape index (κ2) is 8.51. The standard InChI is InChI=1S/C25H24N2O4S/c1-17-12-23-19(16-31-24(23)13-18(17)2)14-25(28)26-20-8-7-11-22(15-20)32(29,30)27(3)21-9-5-4-6-10-21/h4-13,15-16H,14H2,1-3H3,(H,26,28). The van der Waals surface area contributed by atoms with Crippen molar-refractivity contribution in [3.05, 3.63) is 89.7 Å². The first kappa shape index (κ1) is 21.6. The van der Waals surface area contributed by atoms with Crippen LogP contribution in [0.4, 0.5) is 11.4 Å². The molecule has 0 atom stereocenters. The molecular formula is C25H24N2O4S. The highest BCUT2D eigenvalue weighted by Crippen LogP contribution is 2.26. The fraction of sp³-hybridized carbons (Fsp3) is 0.160. The maximum absolute atomic E-state index is 13.0. The molecule has 0 saturated heterocycles. The van der Waals surface area contributed by atoms with Gasteiger partial charge in [0.2, 0.25) is 5.91 Å². The van der Waals surface area contributed by atoms with Crippen molar-refractivity contribution in [2.45, 2.75) is 25.2 Å². The van der Waals surface area contributed by atoms with Crippen molar-refractivity contribution in [3.63, 3.8) is 0 Å². The van der Waals surface area contributed by atoms with E-state index in [0.29, 0.717) is 11.4 Å². The van der Waals surface area contributed by atoms with Gasteiger partial charge in [-0.1, -0.05) is 24.3 Å². The van der Waals surface area contributed by atoms with Gasteiger partial charge in [-0.15, -0.1) is 0 Å². The molecule has 1 N–H and O–H groups in total. The van der Waals surface area contributed by atoms with Gasteiger partial charge in [0.15, 0.2) is 0 Å². The number of nitrogens with zero attached hydrogens (tertiary/aromatic N) is 1. The quantitative estimate of drug-likeness (QED) is 0.447. The van der Waals surface area contributed by atoms with Gasteiger partial charge in [-0.3, -0.25) is 9.10 Å². The molecule has 4 rings (SSSR count). The van der Waals surface area contributed by atoms with Crippen LogP contribution in [0.15, 0.2) is 82.3 Å². The smallest absolute Gasteiger partial charge is 0.264 e. The summed E-state index contributed by atoms with van der Waals surface area (Å²) < 4.78 is 32.9. The third-order valence-electron chi connectivity index (χ3n) is 5.52. The first-order chi connectivity index (χ1) is 15.3. The van der Waals surface area contributed by atoms with Crippen LogP contribution in [0.5, 0.6) is 0 Å². The Kier molecular flexibility index (Phi) is 5.76. The summed E-state index contributed by atoms with van der Waals surface area (Å²) in [4.78, 5) is 12.8. The summed E-state index contributed by atoms with van der Waals surface area (Å²) in [5, 5.41) is 3.71. The van der Waals surface area contributed by atoms with Crippen molar-refractivity contribution in [2.75, 3.05) is 16.7 Å². The number of anilines is 2. The van der Waals surface area contributed by atoms with Crippen LogP contribution in [-0.2, 0) is 21.2 Å². The Hall–Kier alpha value is -3.58. The van der Waals surface area contributed by atoms with Crippen LogP contribution in [-0.4, -0.2) is 21.4 Å². The van der Waals surface area contributed by atoms with E-state index in [1.54, 1.807) is 42.7 Å². The highest BCUT2D eigenvalue weighted by molar-refractivity contribution is 7.92. The van der Waals surface area contributed by atoms with E-state index < -0.39 is 10.0 Å². The lowest BCUT2D eigenvalue weighted by Gasteiger charge is -2.19. The zero-order valence-electron chi connectivity index (χ0n) is 18.1. The Morgan fingerprint density at radius 1 is 0.969 bits per heavy atom. The molecule has 0 aliphatic rings. The summed E-state index contributed by atoms with van der Waals surface area (Å²) in [6, 6.07) is 19.1. The van der Waals surface area contributed by atoms with E-state index in [1.807, 2.05) is 32.0 Å². The molecule has 7 heteroatoms. The van der Waals surface area contributed by atoms with Crippen LogP contribution < -0.4 is 9.62 Å². The van der Waals surface area contributed by atoms with Crippen molar-refractivity contribution in [1.82, 2.24) is 0 Å². The van der Waals surface area contributed by atoms with Gasteiger partial charge in [0.05, 0.1) is 23.3 Å². The molecular weight excluding hydrogens is 424 g/mol. The number of benzene rings is 3. The lowest BCUT2D eigenvalue weighted by atomic mass is 10.0. The highest BCUT2D eigenvalue weighted by atomic mass is 32.2. The number of sulfonamides is 1. The minimum absolute atomic E-state index is 0.0986. The summed E-state index contributed by atoms with van der Waals surface area (Å²) in [6.07, 6.45) is 1.72. The lowest BCUT2D eigenvalue weighted by Crippen LogP contribution is -2.26. The van der Waals surface area contributed by atoms with E-state index in [-0.39, 0.29) is 17.2 Å². The Bertz CT molecular complexity index is 1390. The fourth-order valence-electron chi connectivity index (χ4n) is 3.52. The van der Waals surface area contributed by atoms with E-state index in [0.717, 1.165) is 27.7 Å². The molecule has 4 aromatic rings. The lowest BCUT2D eigenvalue weighted by molar-refractivity contribution is -0.115. The van der Waals surface area contributed by atoms with Gasteiger partial charge in [0, 0.05) is 23.7 Å². The monoisotopic (exact) mass is 448 g/mol. The molecule has 6 nitrogen and oxygen atoms in total. The molecule has 0 bridgehead atoms. The minimum atomic E-state index is -3.77. The van der Waals surface area contributed by atoms with E-state index >= 15 is 0 Å². The van der Waals surface area contributed by atoms with E-state index in [4.69, 9.17) is 4.42 Å². The molecule has 0 unspecified atom stereocenters.